The second-order valence-electron chi connectivity index (χ2n) is 2.94. The lowest BCUT2D eigenvalue weighted by Crippen LogP contribution is -2.10. The third-order valence-electron chi connectivity index (χ3n) is 1.83. The molecular formula is C11H8INO2. The Balaban J connectivity index is 2.13. The lowest BCUT2D eigenvalue weighted by atomic mass is 10.3. The molecule has 0 aliphatic heterocycles. The smallest absolute Gasteiger partial charge is 0.291 e. The van der Waals surface area contributed by atoms with Crippen LogP contribution in [0.15, 0.2) is 47.1 Å². The Morgan fingerprint density at radius 3 is 2.80 bits per heavy atom. The highest BCUT2D eigenvalue weighted by Crippen LogP contribution is 2.13. The van der Waals surface area contributed by atoms with E-state index in [9.17, 15) is 4.79 Å². The Morgan fingerprint density at radius 2 is 2.13 bits per heavy atom. The molecule has 1 N–H and O–H groups in total. The van der Waals surface area contributed by atoms with Gasteiger partial charge in [-0.3, -0.25) is 4.79 Å². The minimum atomic E-state index is -0.234. The van der Waals surface area contributed by atoms with Gasteiger partial charge in [0.2, 0.25) is 0 Å². The molecule has 1 heterocycles. The van der Waals surface area contributed by atoms with Crippen LogP contribution < -0.4 is 5.32 Å². The Kier molecular flexibility index (Phi) is 3.05. The van der Waals surface area contributed by atoms with Crippen LogP contribution in [0.4, 0.5) is 5.69 Å². The van der Waals surface area contributed by atoms with Gasteiger partial charge in [-0.05, 0) is 52.9 Å². The van der Waals surface area contributed by atoms with Gasteiger partial charge in [-0.1, -0.05) is 6.07 Å². The summed E-state index contributed by atoms with van der Waals surface area (Å²) in [6.07, 6.45) is 1.48. The second-order valence-corrected chi connectivity index (χ2v) is 4.19. The van der Waals surface area contributed by atoms with Crippen LogP contribution >= 0.6 is 22.6 Å². The number of halogens is 1. The van der Waals surface area contributed by atoms with Crippen molar-refractivity contribution in [1.82, 2.24) is 0 Å². The predicted molar refractivity (Wildman–Crippen MR) is 65.8 cm³/mol. The summed E-state index contributed by atoms with van der Waals surface area (Å²) in [5.41, 5.74) is 0.767. The summed E-state index contributed by atoms with van der Waals surface area (Å²) >= 11 is 2.19. The number of hydrogen-bond donors (Lipinski definition) is 1. The van der Waals surface area contributed by atoms with E-state index in [0.717, 1.165) is 9.26 Å². The summed E-state index contributed by atoms with van der Waals surface area (Å²) in [5, 5.41) is 2.75. The topological polar surface area (TPSA) is 42.2 Å². The van der Waals surface area contributed by atoms with E-state index in [1.807, 2.05) is 24.3 Å². The van der Waals surface area contributed by atoms with Crippen molar-refractivity contribution in [3.05, 3.63) is 52.0 Å². The van der Waals surface area contributed by atoms with Crippen LogP contribution in [-0.4, -0.2) is 5.91 Å². The fraction of sp³-hybridized carbons (Fsp3) is 0. The van der Waals surface area contributed by atoms with Crippen LogP contribution in [0, 0.1) is 3.57 Å². The first-order chi connectivity index (χ1) is 7.25. The third-order valence-corrected chi connectivity index (χ3v) is 2.50. The van der Waals surface area contributed by atoms with Crippen LogP contribution in [0.1, 0.15) is 10.6 Å². The van der Waals surface area contributed by atoms with E-state index in [-0.39, 0.29) is 5.91 Å². The second kappa shape index (κ2) is 4.48. The highest BCUT2D eigenvalue weighted by Gasteiger charge is 2.07. The van der Waals surface area contributed by atoms with Gasteiger partial charge in [0.25, 0.3) is 5.91 Å². The fourth-order valence-corrected chi connectivity index (χ4v) is 1.71. The summed E-state index contributed by atoms with van der Waals surface area (Å²) in [6, 6.07) is 10.9. The van der Waals surface area contributed by atoms with Gasteiger partial charge in [-0.2, -0.15) is 0 Å². The molecule has 0 bridgehead atoms. The predicted octanol–water partition coefficient (Wildman–Crippen LogP) is 3.14. The van der Waals surface area contributed by atoms with E-state index >= 15 is 0 Å². The molecule has 0 fully saturated rings. The molecule has 0 atom stereocenters. The quantitative estimate of drug-likeness (QED) is 0.866. The summed E-state index contributed by atoms with van der Waals surface area (Å²) in [5.74, 6) is 0.0795. The van der Waals surface area contributed by atoms with E-state index in [4.69, 9.17) is 4.42 Å². The van der Waals surface area contributed by atoms with Crippen molar-refractivity contribution in [3.63, 3.8) is 0 Å². The maximum atomic E-state index is 11.6. The Labute approximate surface area is 101 Å². The van der Waals surface area contributed by atoms with Gasteiger partial charge in [0.1, 0.15) is 0 Å². The first-order valence-electron chi connectivity index (χ1n) is 4.36. The number of carbonyl (C=O) groups is 1. The maximum Gasteiger partial charge on any atom is 0.291 e. The molecular weight excluding hydrogens is 305 g/mol. The number of carbonyl (C=O) groups excluding carboxylic acids is 1. The molecule has 3 nitrogen and oxygen atoms in total. The minimum absolute atomic E-state index is 0.234. The third kappa shape index (κ3) is 2.59. The zero-order valence-corrected chi connectivity index (χ0v) is 9.89. The van der Waals surface area contributed by atoms with Crippen molar-refractivity contribution in [3.8, 4) is 0 Å². The summed E-state index contributed by atoms with van der Waals surface area (Å²) in [6.45, 7) is 0. The van der Waals surface area contributed by atoms with Crippen LogP contribution in [0.2, 0.25) is 0 Å². The normalized spacial score (nSPS) is 9.93. The number of furan rings is 1. The van der Waals surface area contributed by atoms with Gasteiger partial charge < -0.3 is 9.73 Å². The number of anilines is 1. The van der Waals surface area contributed by atoms with Gasteiger partial charge in [-0.15, -0.1) is 0 Å². The zero-order chi connectivity index (χ0) is 10.7. The highest BCUT2D eigenvalue weighted by atomic mass is 127. The maximum absolute atomic E-state index is 11.6. The van der Waals surface area contributed by atoms with Crippen LogP contribution in [0.3, 0.4) is 0 Å². The largest absolute Gasteiger partial charge is 0.459 e. The molecule has 2 rings (SSSR count). The van der Waals surface area contributed by atoms with Crippen LogP contribution in [0.25, 0.3) is 0 Å². The molecule has 76 valence electrons. The molecule has 0 aliphatic rings. The summed E-state index contributed by atoms with van der Waals surface area (Å²) in [7, 11) is 0. The molecule has 1 amide bonds. The Morgan fingerprint density at radius 1 is 1.27 bits per heavy atom. The van der Waals surface area contributed by atoms with Gasteiger partial charge in [0.05, 0.1) is 6.26 Å². The summed E-state index contributed by atoms with van der Waals surface area (Å²) in [4.78, 5) is 11.6. The van der Waals surface area contributed by atoms with Crippen LogP contribution in [-0.2, 0) is 0 Å². The minimum Gasteiger partial charge on any atom is -0.459 e. The van der Waals surface area contributed by atoms with Crippen molar-refractivity contribution in [1.29, 1.82) is 0 Å². The summed E-state index contributed by atoms with van der Waals surface area (Å²) < 4.78 is 6.06. The number of hydrogen-bond acceptors (Lipinski definition) is 2. The van der Waals surface area contributed by atoms with Gasteiger partial charge in [0.15, 0.2) is 5.76 Å². The number of benzene rings is 1. The lowest BCUT2D eigenvalue weighted by molar-refractivity contribution is 0.0996. The standard InChI is InChI=1S/C11H8INO2/c12-8-3-1-4-9(7-8)13-11(14)10-5-2-6-15-10/h1-7H,(H,13,14). The number of amides is 1. The molecule has 4 heteroatoms. The average molecular weight is 313 g/mol. The Bertz CT molecular complexity index is 465. The van der Waals surface area contributed by atoms with Crippen molar-refractivity contribution >= 4 is 34.2 Å². The fourth-order valence-electron chi connectivity index (χ4n) is 1.17. The molecule has 0 spiro atoms. The Hall–Kier alpha value is -1.30. The van der Waals surface area contributed by atoms with Gasteiger partial charge >= 0.3 is 0 Å². The van der Waals surface area contributed by atoms with Gasteiger partial charge in [-0.25, -0.2) is 0 Å². The molecule has 1 aromatic heterocycles. The SMILES string of the molecule is O=C(Nc1cccc(I)c1)c1ccco1. The van der Waals surface area contributed by atoms with Gasteiger partial charge in [0, 0.05) is 9.26 Å². The molecule has 15 heavy (non-hydrogen) atoms. The molecule has 0 aliphatic carbocycles. The highest BCUT2D eigenvalue weighted by molar-refractivity contribution is 14.1. The molecule has 0 radical (unpaired) electrons. The number of nitrogens with one attached hydrogen (secondary N) is 1. The average Bonchev–Trinajstić information content (AvgIpc) is 2.70. The van der Waals surface area contributed by atoms with Crippen molar-refractivity contribution in [2.45, 2.75) is 0 Å². The van der Waals surface area contributed by atoms with Crippen molar-refractivity contribution in [2.24, 2.45) is 0 Å². The molecule has 0 saturated heterocycles. The first-order valence-corrected chi connectivity index (χ1v) is 5.44. The first kappa shape index (κ1) is 10.2. The zero-order valence-electron chi connectivity index (χ0n) is 7.74. The lowest BCUT2D eigenvalue weighted by Gasteiger charge is -2.02. The van der Waals surface area contributed by atoms with E-state index in [2.05, 4.69) is 27.9 Å². The van der Waals surface area contributed by atoms with Crippen molar-refractivity contribution < 1.29 is 9.21 Å². The molecule has 1 aromatic carbocycles. The van der Waals surface area contributed by atoms with E-state index < -0.39 is 0 Å². The van der Waals surface area contributed by atoms with E-state index in [1.165, 1.54) is 6.26 Å². The van der Waals surface area contributed by atoms with Crippen LogP contribution in [0.5, 0.6) is 0 Å². The molecule has 0 unspecified atom stereocenters. The monoisotopic (exact) mass is 313 g/mol. The molecule has 0 saturated carbocycles. The number of rotatable bonds is 2. The van der Waals surface area contributed by atoms with E-state index in [1.54, 1.807) is 12.1 Å². The van der Waals surface area contributed by atoms with Crippen molar-refractivity contribution in [2.75, 3.05) is 5.32 Å². The molecule has 2 aromatic rings. The van der Waals surface area contributed by atoms with E-state index in [0.29, 0.717) is 5.76 Å².